The second kappa shape index (κ2) is 14.7. The molecule has 2 aromatic rings. The minimum Gasteiger partial charge on any atom is -0.489 e. The number of carbonyl (C=O) groups excluding carboxylic acids is 2. The molecule has 0 fully saturated rings. The van der Waals surface area contributed by atoms with Crippen LogP contribution in [0, 0.1) is 19.3 Å². The lowest BCUT2D eigenvalue weighted by Gasteiger charge is -2.30. The zero-order valence-electron chi connectivity index (χ0n) is 17.9. The van der Waals surface area contributed by atoms with Crippen molar-refractivity contribution in [1.82, 2.24) is 5.32 Å². The van der Waals surface area contributed by atoms with Crippen LogP contribution in [-0.2, 0) is 9.59 Å². The van der Waals surface area contributed by atoms with E-state index in [0.717, 1.165) is 11.3 Å². The van der Waals surface area contributed by atoms with Crippen molar-refractivity contribution < 1.29 is 18.7 Å². The van der Waals surface area contributed by atoms with Gasteiger partial charge < -0.3 is 20.3 Å². The SMILES string of the molecule is C.O=C=O.[C-]#[N+]c1ccc(NC(=S)N(c2ccc(OCCNC)c(F)c2)C(C)C)cc1C. The second-order valence-corrected chi connectivity index (χ2v) is 7.04. The number of rotatable bonds is 7. The number of hydrogen-bond acceptors (Lipinski definition) is 5. The molecule has 7 nitrogen and oxygen atoms in total. The zero-order valence-corrected chi connectivity index (χ0v) is 18.7. The van der Waals surface area contributed by atoms with Gasteiger partial charge in [-0.1, -0.05) is 13.5 Å². The highest BCUT2D eigenvalue weighted by atomic mass is 32.1. The number of thiocarbonyl (C=S) groups is 1. The monoisotopic (exact) mass is 460 g/mol. The summed E-state index contributed by atoms with van der Waals surface area (Å²) in [6, 6.07) is 10.3. The fraction of sp³-hybridized carbons (Fsp3) is 0.348. The van der Waals surface area contributed by atoms with E-state index in [1.165, 1.54) is 6.07 Å². The molecule has 2 N–H and O–H groups in total. The molecule has 0 aliphatic rings. The Morgan fingerprint density at radius 3 is 2.44 bits per heavy atom. The first kappa shape index (κ1) is 28.7. The van der Waals surface area contributed by atoms with E-state index in [4.69, 9.17) is 33.1 Å². The van der Waals surface area contributed by atoms with Crippen molar-refractivity contribution in [3.8, 4) is 5.75 Å². The van der Waals surface area contributed by atoms with Gasteiger partial charge in [0.15, 0.2) is 22.4 Å². The van der Waals surface area contributed by atoms with Crippen LogP contribution in [0.1, 0.15) is 26.8 Å². The quantitative estimate of drug-likeness (QED) is 0.344. The molecule has 0 amide bonds. The number of nitrogens with one attached hydrogen (secondary N) is 2. The maximum atomic E-state index is 14.5. The Labute approximate surface area is 194 Å². The largest absolute Gasteiger partial charge is 0.489 e. The average Bonchev–Trinajstić information content (AvgIpc) is 2.70. The van der Waals surface area contributed by atoms with Gasteiger partial charge in [0.2, 0.25) is 0 Å². The van der Waals surface area contributed by atoms with E-state index < -0.39 is 5.82 Å². The lowest BCUT2D eigenvalue weighted by molar-refractivity contribution is -0.191. The lowest BCUT2D eigenvalue weighted by atomic mass is 10.2. The molecule has 0 radical (unpaired) electrons. The molecule has 2 aromatic carbocycles. The minimum atomic E-state index is -0.431. The third-order valence-corrected chi connectivity index (χ3v) is 4.41. The molecule has 9 heteroatoms. The maximum absolute atomic E-state index is 14.5. The number of hydrogen-bond donors (Lipinski definition) is 2. The van der Waals surface area contributed by atoms with Crippen LogP contribution in [0.25, 0.3) is 4.85 Å². The fourth-order valence-corrected chi connectivity index (χ4v) is 3.15. The number of likely N-dealkylation sites (N-methyl/N-ethyl adjacent to an activating group) is 1. The highest BCUT2D eigenvalue weighted by molar-refractivity contribution is 7.80. The van der Waals surface area contributed by atoms with Crippen LogP contribution in [0.5, 0.6) is 5.75 Å². The van der Waals surface area contributed by atoms with Gasteiger partial charge in [-0.05, 0) is 69.9 Å². The third kappa shape index (κ3) is 8.44. The van der Waals surface area contributed by atoms with Crippen LogP contribution in [0.15, 0.2) is 36.4 Å². The summed E-state index contributed by atoms with van der Waals surface area (Å²) in [7, 11) is 1.81. The first-order valence-corrected chi connectivity index (χ1v) is 9.84. The summed E-state index contributed by atoms with van der Waals surface area (Å²) in [4.78, 5) is 21.6. The van der Waals surface area contributed by atoms with Crippen molar-refractivity contribution in [2.24, 2.45) is 0 Å². The van der Waals surface area contributed by atoms with E-state index in [0.29, 0.717) is 29.6 Å². The van der Waals surface area contributed by atoms with Crippen molar-refractivity contribution in [1.29, 1.82) is 0 Å². The smallest absolute Gasteiger partial charge is 0.373 e. The Bertz CT molecular complexity index is 970. The molecule has 0 spiro atoms. The van der Waals surface area contributed by atoms with E-state index in [9.17, 15) is 4.39 Å². The third-order valence-electron chi connectivity index (χ3n) is 4.11. The van der Waals surface area contributed by atoms with Gasteiger partial charge >= 0.3 is 6.15 Å². The van der Waals surface area contributed by atoms with E-state index in [1.54, 1.807) is 18.2 Å². The second-order valence-electron chi connectivity index (χ2n) is 6.66. The molecule has 0 aliphatic heterocycles. The molecular weight excluding hydrogens is 431 g/mol. The number of nitrogens with zero attached hydrogens (tertiary/aromatic N) is 2. The molecule has 0 atom stereocenters. The van der Waals surface area contributed by atoms with Gasteiger partial charge in [0.05, 0.1) is 6.57 Å². The van der Waals surface area contributed by atoms with Crippen molar-refractivity contribution in [3.63, 3.8) is 0 Å². The van der Waals surface area contributed by atoms with Crippen molar-refractivity contribution in [2.45, 2.75) is 34.2 Å². The summed E-state index contributed by atoms with van der Waals surface area (Å²) in [5, 5.41) is 6.59. The molecule has 0 aromatic heterocycles. The molecule has 0 saturated carbocycles. The van der Waals surface area contributed by atoms with E-state index in [1.807, 2.05) is 44.9 Å². The Kier molecular flexibility index (Phi) is 13.1. The first-order valence-electron chi connectivity index (χ1n) is 9.43. The first-order chi connectivity index (χ1) is 14.8. The standard InChI is InChI=1S/C21H25FN4OS.CO2.CH4/c1-14(2)26(17-7-9-20(18(22)13-17)27-11-10-23-4)21(28)25-16-6-8-19(24-5)15(3)12-16;2-1-3;/h6-9,12-14,23H,10-11H2,1-4H3,(H,25,28);;1H4. The summed E-state index contributed by atoms with van der Waals surface area (Å²) < 4.78 is 19.9. The van der Waals surface area contributed by atoms with Gasteiger partial charge in [0, 0.05) is 30.0 Å². The summed E-state index contributed by atoms with van der Waals surface area (Å²) >= 11 is 5.57. The van der Waals surface area contributed by atoms with E-state index >= 15 is 0 Å². The van der Waals surface area contributed by atoms with Gasteiger partial charge in [0.1, 0.15) is 6.61 Å². The van der Waals surface area contributed by atoms with Gasteiger partial charge in [0.25, 0.3) is 0 Å². The van der Waals surface area contributed by atoms with Crippen LogP contribution in [0.2, 0.25) is 0 Å². The molecular formula is C23H29FN4O3S. The molecule has 172 valence electrons. The molecule has 2 rings (SSSR count). The topological polar surface area (TPSA) is 75.0 Å². The number of aryl methyl sites for hydroxylation is 1. The van der Waals surface area contributed by atoms with Gasteiger partial charge in [-0.3, -0.25) is 0 Å². The summed E-state index contributed by atoms with van der Waals surface area (Å²) in [5.74, 6) is -0.216. The van der Waals surface area contributed by atoms with Crippen LogP contribution in [0.3, 0.4) is 0 Å². The van der Waals surface area contributed by atoms with Crippen LogP contribution in [0.4, 0.5) is 21.5 Å². The van der Waals surface area contributed by atoms with E-state index in [-0.39, 0.29) is 25.4 Å². The molecule has 0 bridgehead atoms. The molecule has 32 heavy (non-hydrogen) atoms. The Balaban J connectivity index is 0.00000227. The van der Waals surface area contributed by atoms with E-state index in [2.05, 4.69) is 15.5 Å². The van der Waals surface area contributed by atoms with Crippen molar-refractivity contribution >= 4 is 40.5 Å². The highest BCUT2D eigenvalue weighted by Gasteiger charge is 2.18. The lowest BCUT2D eigenvalue weighted by Crippen LogP contribution is -2.40. The number of anilines is 2. The molecule has 0 aliphatic carbocycles. The number of ether oxygens (including phenoxy) is 1. The van der Waals surface area contributed by atoms with Crippen molar-refractivity contribution in [2.75, 3.05) is 30.4 Å². The van der Waals surface area contributed by atoms with Crippen LogP contribution < -0.4 is 20.3 Å². The predicted molar refractivity (Wildman–Crippen MR) is 129 cm³/mol. The van der Waals surface area contributed by atoms with Gasteiger partial charge in [-0.2, -0.15) is 9.59 Å². The van der Waals surface area contributed by atoms with Gasteiger partial charge in [-0.15, -0.1) is 0 Å². The Morgan fingerprint density at radius 2 is 1.94 bits per heavy atom. The van der Waals surface area contributed by atoms with Gasteiger partial charge in [-0.25, -0.2) is 9.24 Å². The summed E-state index contributed by atoms with van der Waals surface area (Å²) in [6.07, 6.45) is 0.250. The van der Waals surface area contributed by atoms with Crippen LogP contribution >= 0.6 is 12.2 Å². The molecule has 0 saturated heterocycles. The fourth-order valence-electron chi connectivity index (χ4n) is 2.71. The Hall–Kier alpha value is -3.31. The summed E-state index contributed by atoms with van der Waals surface area (Å²) in [6.45, 7) is 14.0. The molecule has 0 heterocycles. The number of halogens is 1. The molecule has 0 unspecified atom stereocenters. The predicted octanol–water partition coefficient (Wildman–Crippen LogP) is 4.95. The minimum absolute atomic E-state index is 0. The summed E-state index contributed by atoms with van der Waals surface area (Å²) in [5.41, 5.74) is 2.90. The normalized spacial score (nSPS) is 9.41. The highest BCUT2D eigenvalue weighted by Crippen LogP contribution is 2.27. The van der Waals surface area contributed by atoms with Crippen LogP contribution in [-0.4, -0.2) is 37.5 Å². The zero-order chi connectivity index (χ0) is 23.4. The maximum Gasteiger partial charge on any atom is 0.373 e. The average molecular weight is 461 g/mol. The number of benzene rings is 2. The van der Waals surface area contributed by atoms with Crippen molar-refractivity contribution in [3.05, 3.63) is 59.2 Å². The Morgan fingerprint density at radius 1 is 1.28 bits per heavy atom.